The molecule has 0 atom stereocenters. The van der Waals surface area contributed by atoms with Crippen molar-refractivity contribution in [3.8, 4) is 0 Å². The first-order chi connectivity index (χ1) is 7.84. The van der Waals surface area contributed by atoms with Gasteiger partial charge in [0.2, 0.25) is 0 Å². The summed E-state index contributed by atoms with van der Waals surface area (Å²) < 4.78 is 1.16. The molecular formula is C12H15N3S. The molecule has 3 nitrogen and oxygen atoms in total. The highest BCUT2D eigenvalue weighted by Crippen LogP contribution is 2.32. The molecule has 16 heavy (non-hydrogen) atoms. The van der Waals surface area contributed by atoms with Crippen molar-refractivity contribution in [1.82, 2.24) is 4.98 Å². The number of aromatic nitrogens is 1. The summed E-state index contributed by atoms with van der Waals surface area (Å²) in [6.45, 7) is 0. The van der Waals surface area contributed by atoms with Crippen molar-refractivity contribution < 1.29 is 0 Å². The summed E-state index contributed by atoms with van der Waals surface area (Å²) >= 11 is 1.63. The van der Waals surface area contributed by atoms with Gasteiger partial charge in [-0.3, -0.25) is 0 Å². The molecule has 0 aliphatic heterocycles. The highest BCUT2D eigenvalue weighted by Gasteiger charge is 2.16. The van der Waals surface area contributed by atoms with Gasteiger partial charge < -0.3 is 11.1 Å². The molecule has 1 saturated carbocycles. The Morgan fingerprint density at radius 2 is 2.12 bits per heavy atom. The van der Waals surface area contributed by atoms with Crippen molar-refractivity contribution in [1.29, 1.82) is 0 Å². The number of fused-ring (bicyclic) bond motifs is 1. The summed E-state index contributed by atoms with van der Waals surface area (Å²) in [5.41, 5.74) is 10.8. The largest absolute Gasteiger partial charge is 0.395 e. The van der Waals surface area contributed by atoms with Crippen LogP contribution in [0.25, 0.3) is 10.2 Å². The molecule has 84 valence electrons. The summed E-state index contributed by atoms with van der Waals surface area (Å²) in [5, 5.41) is 3.53. The van der Waals surface area contributed by atoms with Gasteiger partial charge in [-0.1, -0.05) is 12.8 Å². The van der Waals surface area contributed by atoms with Crippen LogP contribution in [0.15, 0.2) is 17.6 Å². The molecule has 1 aliphatic rings. The van der Waals surface area contributed by atoms with Crippen LogP contribution < -0.4 is 11.1 Å². The molecule has 0 radical (unpaired) electrons. The van der Waals surface area contributed by atoms with Crippen LogP contribution >= 0.6 is 11.3 Å². The Morgan fingerprint density at radius 1 is 1.31 bits per heavy atom. The number of rotatable bonds is 2. The summed E-state index contributed by atoms with van der Waals surface area (Å²) in [6.07, 6.45) is 5.18. The zero-order chi connectivity index (χ0) is 11.0. The highest BCUT2D eigenvalue weighted by atomic mass is 32.1. The Bertz CT molecular complexity index is 500. The first-order valence-electron chi connectivity index (χ1n) is 5.73. The molecule has 1 heterocycles. The van der Waals surface area contributed by atoms with Gasteiger partial charge in [-0.15, -0.1) is 11.3 Å². The van der Waals surface area contributed by atoms with Gasteiger partial charge in [0.15, 0.2) is 0 Å². The Balaban J connectivity index is 1.93. The third kappa shape index (κ3) is 1.63. The summed E-state index contributed by atoms with van der Waals surface area (Å²) in [7, 11) is 0. The van der Waals surface area contributed by atoms with Crippen LogP contribution in [0.4, 0.5) is 11.4 Å². The van der Waals surface area contributed by atoms with Gasteiger partial charge in [-0.25, -0.2) is 4.98 Å². The number of nitrogens with two attached hydrogens (primary N) is 1. The van der Waals surface area contributed by atoms with Crippen LogP contribution in [-0.4, -0.2) is 11.0 Å². The summed E-state index contributed by atoms with van der Waals surface area (Å²) in [5.74, 6) is 0. The molecule has 0 amide bonds. The van der Waals surface area contributed by atoms with Crippen molar-refractivity contribution in [3.63, 3.8) is 0 Å². The maximum atomic E-state index is 6.12. The highest BCUT2D eigenvalue weighted by molar-refractivity contribution is 7.16. The molecule has 0 saturated heterocycles. The predicted molar refractivity (Wildman–Crippen MR) is 69.9 cm³/mol. The topological polar surface area (TPSA) is 50.9 Å². The number of nitrogens with one attached hydrogen (secondary N) is 1. The molecule has 3 N–H and O–H groups in total. The lowest BCUT2D eigenvalue weighted by molar-refractivity contribution is 0.756. The summed E-state index contributed by atoms with van der Waals surface area (Å²) in [4.78, 5) is 4.31. The van der Waals surface area contributed by atoms with Gasteiger partial charge in [-0.2, -0.15) is 0 Å². The Labute approximate surface area is 98.7 Å². The average Bonchev–Trinajstić information content (AvgIpc) is 2.93. The van der Waals surface area contributed by atoms with E-state index in [9.17, 15) is 0 Å². The molecule has 0 bridgehead atoms. The standard InChI is InChI=1S/C12H15N3S/c13-11-9(15-8-3-1-2-4-8)5-6-10-12(11)14-7-16-10/h5-8,15H,1-4,13H2. The van der Waals surface area contributed by atoms with E-state index in [1.807, 2.05) is 5.51 Å². The van der Waals surface area contributed by atoms with Gasteiger partial charge in [0, 0.05) is 6.04 Å². The van der Waals surface area contributed by atoms with Crippen LogP contribution in [0.1, 0.15) is 25.7 Å². The van der Waals surface area contributed by atoms with Crippen LogP contribution in [-0.2, 0) is 0 Å². The first kappa shape index (κ1) is 9.90. The van der Waals surface area contributed by atoms with Gasteiger partial charge in [-0.05, 0) is 25.0 Å². The number of thiazole rings is 1. The predicted octanol–water partition coefficient (Wildman–Crippen LogP) is 3.23. The van der Waals surface area contributed by atoms with E-state index in [-0.39, 0.29) is 0 Å². The lowest BCUT2D eigenvalue weighted by Crippen LogP contribution is -2.15. The van der Waals surface area contributed by atoms with E-state index in [4.69, 9.17) is 5.73 Å². The minimum Gasteiger partial charge on any atom is -0.395 e. The number of hydrogen-bond acceptors (Lipinski definition) is 4. The number of benzene rings is 1. The number of nitrogen functional groups attached to an aromatic ring is 1. The van der Waals surface area contributed by atoms with Crippen molar-refractivity contribution >= 4 is 32.9 Å². The molecule has 0 spiro atoms. The molecule has 1 aromatic carbocycles. The number of nitrogens with zero attached hydrogens (tertiary/aromatic N) is 1. The molecule has 1 aromatic heterocycles. The SMILES string of the molecule is Nc1c(NC2CCCC2)ccc2scnc12. The minimum atomic E-state index is 0.596. The Morgan fingerprint density at radius 3 is 2.94 bits per heavy atom. The summed E-state index contributed by atoms with van der Waals surface area (Å²) in [6, 6.07) is 4.77. The third-order valence-corrected chi connectivity index (χ3v) is 4.05. The quantitative estimate of drug-likeness (QED) is 0.783. The zero-order valence-corrected chi connectivity index (χ0v) is 9.89. The fraction of sp³-hybridized carbons (Fsp3) is 0.417. The lowest BCUT2D eigenvalue weighted by Gasteiger charge is -2.15. The zero-order valence-electron chi connectivity index (χ0n) is 9.07. The van der Waals surface area contributed by atoms with Crippen LogP contribution in [0.2, 0.25) is 0 Å². The van der Waals surface area contributed by atoms with E-state index in [1.54, 1.807) is 11.3 Å². The second kappa shape index (κ2) is 3.94. The molecular weight excluding hydrogens is 218 g/mol. The van der Waals surface area contributed by atoms with Crippen LogP contribution in [0, 0.1) is 0 Å². The van der Waals surface area contributed by atoms with E-state index in [0.717, 1.165) is 21.6 Å². The van der Waals surface area contributed by atoms with Gasteiger partial charge >= 0.3 is 0 Å². The molecule has 2 aromatic rings. The van der Waals surface area contributed by atoms with Gasteiger partial charge in [0.05, 0.1) is 21.6 Å². The molecule has 1 aliphatic carbocycles. The van der Waals surface area contributed by atoms with E-state index >= 15 is 0 Å². The van der Waals surface area contributed by atoms with Crippen LogP contribution in [0.3, 0.4) is 0 Å². The fourth-order valence-electron chi connectivity index (χ4n) is 2.37. The van der Waals surface area contributed by atoms with Gasteiger partial charge in [0.1, 0.15) is 5.52 Å². The average molecular weight is 233 g/mol. The van der Waals surface area contributed by atoms with E-state index < -0.39 is 0 Å². The van der Waals surface area contributed by atoms with Crippen molar-refractivity contribution in [2.45, 2.75) is 31.7 Å². The maximum Gasteiger partial charge on any atom is 0.106 e. The normalized spacial score (nSPS) is 17.0. The number of anilines is 2. The van der Waals surface area contributed by atoms with Crippen molar-refractivity contribution in [2.24, 2.45) is 0 Å². The van der Waals surface area contributed by atoms with Crippen molar-refractivity contribution in [3.05, 3.63) is 17.6 Å². The van der Waals surface area contributed by atoms with Gasteiger partial charge in [0.25, 0.3) is 0 Å². The second-order valence-corrected chi connectivity index (χ2v) is 5.24. The molecule has 0 unspecified atom stereocenters. The third-order valence-electron chi connectivity index (χ3n) is 3.26. The Hall–Kier alpha value is -1.29. The van der Waals surface area contributed by atoms with E-state index in [0.29, 0.717) is 6.04 Å². The first-order valence-corrected chi connectivity index (χ1v) is 6.61. The Kier molecular flexibility index (Phi) is 2.44. The molecule has 1 fully saturated rings. The van der Waals surface area contributed by atoms with Crippen molar-refractivity contribution in [2.75, 3.05) is 11.1 Å². The number of hydrogen-bond donors (Lipinski definition) is 2. The fourth-order valence-corrected chi connectivity index (χ4v) is 3.06. The second-order valence-electron chi connectivity index (χ2n) is 4.35. The lowest BCUT2D eigenvalue weighted by atomic mass is 10.2. The smallest absolute Gasteiger partial charge is 0.106 e. The van der Waals surface area contributed by atoms with Crippen LogP contribution in [0.5, 0.6) is 0 Å². The monoisotopic (exact) mass is 233 g/mol. The van der Waals surface area contributed by atoms with E-state index in [2.05, 4.69) is 22.4 Å². The minimum absolute atomic E-state index is 0.596. The molecule has 4 heteroatoms. The van der Waals surface area contributed by atoms with E-state index in [1.165, 1.54) is 25.7 Å². The molecule has 3 rings (SSSR count). The maximum absolute atomic E-state index is 6.12.